The predicted octanol–water partition coefficient (Wildman–Crippen LogP) is 2.83. The van der Waals surface area contributed by atoms with Gasteiger partial charge in [-0.25, -0.2) is 5.43 Å². The van der Waals surface area contributed by atoms with Gasteiger partial charge in [0.2, 0.25) is 0 Å². The summed E-state index contributed by atoms with van der Waals surface area (Å²) in [6.07, 6.45) is 0. The van der Waals surface area contributed by atoms with E-state index in [-0.39, 0.29) is 0 Å². The van der Waals surface area contributed by atoms with Gasteiger partial charge >= 0.3 is 11.8 Å². The zero-order valence-corrected chi connectivity index (χ0v) is 13.9. The summed E-state index contributed by atoms with van der Waals surface area (Å²) in [6, 6.07) is 13.6. The van der Waals surface area contributed by atoms with Gasteiger partial charge in [-0.15, -0.1) is 0 Å². The fourth-order valence-corrected chi connectivity index (χ4v) is 1.93. The third-order valence-electron chi connectivity index (χ3n) is 3.14. The number of carbonyl (C=O) groups excluding carboxylic acids is 2. The Labute approximate surface area is 144 Å². The van der Waals surface area contributed by atoms with Gasteiger partial charge in [0.05, 0.1) is 12.8 Å². The maximum Gasteiger partial charge on any atom is 0.329 e. The summed E-state index contributed by atoms with van der Waals surface area (Å²) in [5.41, 5.74) is 4.04. The van der Waals surface area contributed by atoms with E-state index in [1.54, 1.807) is 62.6 Å². The second kappa shape index (κ2) is 8.12. The van der Waals surface area contributed by atoms with Gasteiger partial charge in [-0.05, 0) is 48.9 Å². The van der Waals surface area contributed by atoms with Crippen molar-refractivity contribution in [2.24, 2.45) is 5.10 Å². The molecule has 24 heavy (non-hydrogen) atoms. The van der Waals surface area contributed by atoms with Crippen LogP contribution in [0.5, 0.6) is 5.75 Å². The molecule has 0 atom stereocenters. The predicted molar refractivity (Wildman–Crippen MR) is 93.4 cm³/mol. The van der Waals surface area contributed by atoms with Crippen LogP contribution in [0.25, 0.3) is 0 Å². The lowest BCUT2D eigenvalue weighted by atomic mass is 10.1. The van der Waals surface area contributed by atoms with Crippen molar-refractivity contribution < 1.29 is 14.3 Å². The molecular formula is C17H16ClN3O3. The van der Waals surface area contributed by atoms with Crippen LogP contribution in [0.3, 0.4) is 0 Å². The van der Waals surface area contributed by atoms with Gasteiger partial charge in [0, 0.05) is 10.7 Å². The number of rotatable bonds is 4. The number of amides is 2. The number of hydrogen-bond acceptors (Lipinski definition) is 4. The van der Waals surface area contributed by atoms with Crippen LogP contribution in [0.4, 0.5) is 5.69 Å². The topological polar surface area (TPSA) is 79.8 Å². The number of halogens is 1. The molecule has 0 bridgehead atoms. The van der Waals surface area contributed by atoms with Gasteiger partial charge in [0.1, 0.15) is 5.75 Å². The maximum atomic E-state index is 11.8. The lowest BCUT2D eigenvalue weighted by Crippen LogP contribution is -2.32. The Morgan fingerprint density at radius 1 is 1.00 bits per heavy atom. The Bertz CT molecular complexity index is 756. The number of methoxy groups -OCH3 is 1. The second-order valence-electron chi connectivity index (χ2n) is 4.83. The summed E-state index contributed by atoms with van der Waals surface area (Å²) in [5, 5.41) is 6.98. The van der Waals surface area contributed by atoms with Crippen LogP contribution in [0.15, 0.2) is 53.6 Å². The van der Waals surface area contributed by atoms with Crippen LogP contribution < -0.4 is 15.5 Å². The molecule has 2 aromatic rings. The molecule has 0 aromatic heterocycles. The van der Waals surface area contributed by atoms with Gasteiger partial charge in [0.15, 0.2) is 0 Å². The molecule has 7 heteroatoms. The van der Waals surface area contributed by atoms with Gasteiger partial charge in [-0.1, -0.05) is 23.7 Å². The van der Waals surface area contributed by atoms with E-state index in [2.05, 4.69) is 15.8 Å². The van der Waals surface area contributed by atoms with E-state index in [0.29, 0.717) is 22.2 Å². The molecule has 2 amide bonds. The molecular weight excluding hydrogens is 330 g/mol. The molecule has 0 spiro atoms. The zero-order chi connectivity index (χ0) is 17.5. The zero-order valence-electron chi connectivity index (χ0n) is 13.2. The minimum Gasteiger partial charge on any atom is -0.497 e. The van der Waals surface area contributed by atoms with E-state index < -0.39 is 11.8 Å². The quantitative estimate of drug-likeness (QED) is 0.508. The Morgan fingerprint density at radius 3 is 2.21 bits per heavy atom. The summed E-state index contributed by atoms with van der Waals surface area (Å²) in [5.74, 6) is -1.02. The highest BCUT2D eigenvalue weighted by atomic mass is 35.5. The normalized spacial score (nSPS) is 10.9. The summed E-state index contributed by atoms with van der Waals surface area (Å²) in [4.78, 5) is 23.6. The van der Waals surface area contributed by atoms with Crippen molar-refractivity contribution in [3.05, 3.63) is 59.1 Å². The molecule has 2 aromatic carbocycles. The van der Waals surface area contributed by atoms with Crippen LogP contribution >= 0.6 is 11.6 Å². The van der Waals surface area contributed by atoms with E-state index in [1.165, 1.54) is 0 Å². The molecule has 0 unspecified atom stereocenters. The first-order valence-electron chi connectivity index (χ1n) is 7.05. The number of hydrazone groups is 1. The third kappa shape index (κ3) is 4.82. The van der Waals surface area contributed by atoms with E-state index in [9.17, 15) is 9.59 Å². The summed E-state index contributed by atoms with van der Waals surface area (Å²) < 4.78 is 5.02. The first-order valence-corrected chi connectivity index (χ1v) is 7.43. The van der Waals surface area contributed by atoms with Crippen molar-refractivity contribution in [1.82, 2.24) is 5.43 Å². The Balaban J connectivity index is 1.94. The number of carbonyl (C=O) groups is 2. The third-order valence-corrected chi connectivity index (χ3v) is 3.39. The number of nitrogens with one attached hydrogen (secondary N) is 2. The second-order valence-corrected chi connectivity index (χ2v) is 5.26. The fourth-order valence-electron chi connectivity index (χ4n) is 1.80. The monoisotopic (exact) mass is 345 g/mol. The Hall–Kier alpha value is -2.86. The largest absolute Gasteiger partial charge is 0.497 e. The molecule has 124 valence electrons. The van der Waals surface area contributed by atoms with Gasteiger partial charge in [-0.3, -0.25) is 9.59 Å². The first-order chi connectivity index (χ1) is 11.5. The lowest BCUT2D eigenvalue weighted by molar-refractivity contribution is -0.136. The molecule has 0 fully saturated rings. The smallest absolute Gasteiger partial charge is 0.329 e. The van der Waals surface area contributed by atoms with Gasteiger partial charge in [0.25, 0.3) is 0 Å². The Kier molecular flexibility index (Phi) is 5.92. The van der Waals surface area contributed by atoms with Crippen LogP contribution in [0.1, 0.15) is 12.5 Å². The van der Waals surface area contributed by atoms with Crippen molar-refractivity contribution in [2.45, 2.75) is 6.92 Å². The average Bonchev–Trinajstić information content (AvgIpc) is 2.60. The standard InChI is InChI=1S/C17H16ClN3O3/c1-11(12-3-5-13(18)6-4-12)20-21-17(23)16(22)19-14-7-9-15(24-2)10-8-14/h3-10H,1-2H3,(H,19,22)(H,21,23)/b20-11+. The molecule has 0 saturated heterocycles. The molecule has 0 aliphatic carbocycles. The van der Waals surface area contributed by atoms with Crippen molar-refractivity contribution in [1.29, 1.82) is 0 Å². The van der Waals surface area contributed by atoms with Gasteiger partial charge < -0.3 is 10.1 Å². The number of hydrogen-bond donors (Lipinski definition) is 2. The number of ether oxygens (including phenoxy) is 1. The first kappa shape index (κ1) is 17.5. The molecule has 0 saturated carbocycles. The molecule has 0 radical (unpaired) electrons. The highest BCUT2D eigenvalue weighted by Gasteiger charge is 2.13. The average molecular weight is 346 g/mol. The lowest BCUT2D eigenvalue weighted by Gasteiger charge is -2.06. The fraction of sp³-hybridized carbons (Fsp3) is 0.118. The van der Waals surface area contributed by atoms with E-state index >= 15 is 0 Å². The van der Waals surface area contributed by atoms with Crippen molar-refractivity contribution >= 4 is 34.8 Å². The number of benzene rings is 2. The van der Waals surface area contributed by atoms with Crippen molar-refractivity contribution in [3.8, 4) is 5.75 Å². The summed E-state index contributed by atoms with van der Waals surface area (Å²) in [6.45, 7) is 1.71. The number of anilines is 1. The summed E-state index contributed by atoms with van der Waals surface area (Å²) in [7, 11) is 1.54. The molecule has 0 aliphatic rings. The molecule has 2 N–H and O–H groups in total. The summed E-state index contributed by atoms with van der Waals surface area (Å²) >= 11 is 5.81. The molecule has 6 nitrogen and oxygen atoms in total. The molecule has 2 rings (SSSR count). The minimum atomic E-state index is -0.862. The van der Waals surface area contributed by atoms with Crippen LogP contribution in [0, 0.1) is 0 Å². The van der Waals surface area contributed by atoms with Crippen LogP contribution in [-0.2, 0) is 9.59 Å². The number of nitrogens with zero attached hydrogens (tertiary/aromatic N) is 1. The highest BCUT2D eigenvalue weighted by molar-refractivity contribution is 6.39. The molecule has 0 heterocycles. The highest BCUT2D eigenvalue weighted by Crippen LogP contribution is 2.14. The van der Waals surface area contributed by atoms with E-state index in [1.807, 2.05) is 0 Å². The van der Waals surface area contributed by atoms with E-state index in [4.69, 9.17) is 16.3 Å². The maximum absolute atomic E-state index is 11.8. The van der Waals surface area contributed by atoms with Crippen LogP contribution in [0.2, 0.25) is 5.02 Å². The van der Waals surface area contributed by atoms with E-state index in [0.717, 1.165) is 5.56 Å². The van der Waals surface area contributed by atoms with Crippen molar-refractivity contribution in [2.75, 3.05) is 12.4 Å². The SMILES string of the molecule is COc1ccc(NC(=O)C(=O)N/N=C(\C)c2ccc(Cl)cc2)cc1. The van der Waals surface area contributed by atoms with Crippen molar-refractivity contribution in [3.63, 3.8) is 0 Å². The molecule has 0 aliphatic heterocycles. The minimum absolute atomic E-state index is 0.481. The van der Waals surface area contributed by atoms with Gasteiger partial charge in [-0.2, -0.15) is 5.10 Å². The van der Waals surface area contributed by atoms with Crippen LogP contribution in [-0.4, -0.2) is 24.6 Å². The Morgan fingerprint density at radius 2 is 1.62 bits per heavy atom.